The van der Waals surface area contributed by atoms with Gasteiger partial charge in [0.1, 0.15) is 6.61 Å². The summed E-state index contributed by atoms with van der Waals surface area (Å²) in [7, 11) is 0. The van der Waals surface area contributed by atoms with Crippen molar-refractivity contribution in [2.75, 3.05) is 57.4 Å². The average molecular weight is 539 g/mol. The Morgan fingerprint density at radius 2 is 1.67 bits per heavy atom. The summed E-state index contributed by atoms with van der Waals surface area (Å²) in [6.07, 6.45) is -5.17. The molecule has 1 heterocycles. The lowest BCUT2D eigenvalue weighted by atomic mass is 10.1. The molecule has 11 heteroatoms. The lowest BCUT2D eigenvalue weighted by molar-refractivity contribution is -0.137. The van der Waals surface area contributed by atoms with E-state index in [0.717, 1.165) is 24.3 Å². The fraction of sp³-hybridized carbons (Fsp3) is 0.455. The highest BCUT2D eigenvalue weighted by Gasteiger charge is 2.31. The van der Waals surface area contributed by atoms with E-state index >= 15 is 0 Å². The number of piperazine rings is 1. The maximum Gasteiger partial charge on any atom is 0.416 e. The van der Waals surface area contributed by atoms with Crippen LogP contribution in [0.15, 0.2) is 40.9 Å². The minimum Gasteiger partial charge on any atom is -0.485 e. The SMILES string of the molecule is OC(COCCOc1c(F)cc(Br)cc1F)CN1CCN(c2cccc(C(F)(F)F)c2)CC1. The van der Waals surface area contributed by atoms with E-state index in [0.29, 0.717) is 38.4 Å². The van der Waals surface area contributed by atoms with Crippen LogP contribution in [-0.4, -0.2) is 68.7 Å². The Hall–Kier alpha value is -1.95. The van der Waals surface area contributed by atoms with Crippen molar-refractivity contribution >= 4 is 21.6 Å². The lowest BCUT2D eigenvalue weighted by Gasteiger charge is -2.37. The minimum absolute atomic E-state index is 0.0164. The summed E-state index contributed by atoms with van der Waals surface area (Å²) in [4.78, 5) is 3.88. The van der Waals surface area contributed by atoms with E-state index in [1.54, 1.807) is 6.07 Å². The average Bonchev–Trinajstić information content (AvgIpc) is 2.75. The lowest BCUT2D eigenvalue weighted by Crippen LogP contribution is -2.49. The highest BCUT2D eigenvalue weighted by molar-refractivity contribution is 9.10. The van der Waals surface area contributed by atoms with E-state index in [-0.39, 0.29) is 24.3 Å². The van der Waals surface area contributed by atoms with Crippen LogP contribution in [-0.2, 0) is 10.9 Å². The molecule has 2 aromatic carbocycles. The number of halogens is 6. The summed E-state index contributed by atoms with van der Waals surface area (Å²) in [5.74, 6) is -2.14. The predicted octanol–water partition coefficient (Wildman–Crippen LogP) is 4.32. The van der Waals surface area contributed by atoms with Gasteiger partial charge in [-0.25, -0.2) is 8.78 Å². The van der Waals surface area contributed by atoms with Crippen molar-refractivity contribution in [2.45, 2.75) is 12.3 Å². The fourth-order valence-electron chi connectivity index (χ4n) is 3.51. The molecule has 1 atom stereocenters. The molecule has 0 amide bonds. The van der Waals surface area contributed by atoms with Gasteiger partial charge in [-0.15, -0.1) is 0 Å². The molecule has 0 saturated carbocycles. The number of hydrogen-bond acceptors (Lipinski definition) is 5. The van der Waals surface area contributed by atoms with Crippen LogP contribution in [0, 0.1) is 11.6 Å². The van der Waals surface area contributed by atoms with Crippen LogP contribution in [0.25, 0.3) is 0 Å². The highest BCUT2D eigenvalue weighted by atomic mass is 79.9. The Balaban J connectivity index is 1.35. The summed E-state index contributed by atoms with van der Waals surface area (Å²) in [6.45, 7) is 2.54. The Labute approximate surface area is 196 Å². The van der Waals surface area contributed by atoms with Crippen molar-refractivity contribution in [1.29, 1.82) is 0 Å². The quantitative estimate of drug-likeness (QED) is 0.380. The maximum atomic E-state index is 13.7. The maximum absolute atomic E-state index is 13.7. The zero-order chi connectivity index (χ0) is 24.0. The number of ether oxygens (including phenoxy) is 2. The molecule has 0 spiro atoms. The van der Waals surface area contributed by atoms with Crippen molar-refractivity contribution in [3.63, 3.8) is 0 Å². The van der Waals surface area contributed by atoms with E-state index in [2.05, 4.69) is 15.9 Å². The second kappa shape index (κ2) is 11.5. The van der Waals surface area contributed by atoms with E-state index < -0.39 is 35.2 Å². The van der Waals surface area contributed by atoms with Gasteiger partial charge >= 0.3 is 6.18 Å². The molecule has 1 aliphatic heterocycles. The second-order valence-corrected chi connectivity index (χ2v) is 8.53. The molecule has 33 heavy (non-hydrogen) atoms. The summed E-state index contributed by atoms with van der Waals surface area (Å²) in [6, 6.07) is 7.43. The Morgan fingerprint density at radius 1 is 1.00 bits per heavy atom. The molecule has 1 fully saturated rings. The van der Waals surface area contributed by atoms with Crippen LogP contribution < -0.4 is 9.64 Å². The first-order valence-electron chi connectivity index (χ1n) is 10.3. The van der Waals surface area contributed by atoms with Gasteiger partial charge in [-0.3, -0.25) is 4.90 Å². The van der Waals surface area contributed by atoms with Gasteiger partial charge in [-0.05, 0) is 30.3 Å². The van der Waals surface area contributed by atoms with E-state index in [1.165, 1.54) is 6.07 Å². The van der Waals surface area contributed by atoms with Crippen molar-refractivity contribution in [1.82, 2.24) is 4.90 Å². The predicted molar refractivity (Wildman–Crippen MR) is 116 cm³/mol. The molecule has 1 saturated heterocycles. The van der Waals surface area contributed by atoms with E-state index in [1.807, 2.05) is 9.80 Å². The van der Waals surface area contributed by atoms with Crippen molar-refractivity contribution in [3.8, 4) is 5.75 Å². The van der Waals surface area contributed by atoms with Gasteiger partial charge in [-0.2, -0.15) is 13.2 Å². The molecule has 182 valence electrons. The molecule has 1 unspecified atom stereocenters. The standard InChI is InChI=1S/C22H24BrF5N2O3/c23-16-11-19(24)21(20(25)12-16)33-9-8-32-14-18(31)13-29-4-6-30(7-5-29)17-3-1-2-15(10-17)22(26,27)28/h1-3,10-12,18,31H,4-9,13-14H2. The first kappa shape index (κ1) is 25.7. The van der Waals surface area contributed by atoms with Gasteiger partial charge in [0.15, 0.2) is 17.4 Å². The molecular formula is C22H24BrF5N2O3. The van der Waals surface area contributed by atoms with Gasteiger partial charge in [0.05, 0.1) is 24.9 Å². The molecule has 0 aromatic heterocycles. The monoisotopic (exact) mass is 538 g/mol. The summed E-state index contributed by atoms with van der Waals surface area (Å²) in [5, 5.41) is 10.2. The smallest absolute Gasteiger partial charge is 0.416 e. The number of benzene rings is 2. The number of aliphatic hydroxyl groups is 1. The molecule has 2 aromatic rings. The van der Waals surface area contributed by atoms with Gasteiger partial charge in [0.2, 0.25) is 0 Å². The van der Waals surface area contributed by atoms with E-state index in [4.69, 9.17) is 9.47 Å². The number of hydrogen-bond donors (Lipinski definition) is 1. The third-order valence-corrected chi connectivity index (χ3v) is 5.59. The molecule has 3 rings (SSSR count). The number of anilines is 1. The Kier molecular flexibility index (Phi) is 8.91. The highest BCUT2D eigenvalue weighted by Crippen LogP contribution is 2.32. The largest absolute Gasteiger partial charge is 0.485 e. The molecule has 0 bridgehead atoms. The first-order valence-corrected chi connectivity index (χ1v) is 11.1. The van der Waals surface area contributed by atoms with Crippen LogP contribution in [0.3, 0.4) is 0 Å². The van der Waals surface area contributed by atoms with Crippen molar-refractivity contribution in [3.05, 3.63) is 58.1 Å². The van der Waals surface area contributed by atoms with Crippen LogP contribution in [0.5, 0.6) is 5.75 Å². The molecule has 0 aliphatic carbocycles. The number of rotatable bonds is 9. The zero-order valence-electron chi connectivity index (χ0n) is 17.6. The summed E-state index contributed by atoms with van der Waals surface area (Å²) < 4.78 is 76.8. The molecule has 5 nitrogen and oxygen atoms in total. The second-order valence-electron chi connectivity index (χ2n) is 7.61. The number of aliphatic hydroxyl groups excluding tert-OH is 1. The summed E-state index contributed by atoms with van der Waals surface area (Å²) >= 11 is 2.99. The van der Waals surface area contributed by atoms with Gasteiger partial charge < -0.3 is 19.5 Å². The topological polar surface area (TPSA) is 45.2 Å². The van der Waals surface area contributed by atoms with Gasteiger partial charge in [0, 0.05) is 42.9 Å². The van der Waals surface area contributed by atoms with Crippen LogP contribution in [0.4, 0.5) is 27.6 Å². The molecule has 1 aliphatic rings. The van der Waals surface area contributed by atoms with Crippen molar-refractivity contribution in [2.24, 2.45) is 0 Å². The van der Waals surface area contributed by atoms with E-state index in [9.17, 15) is 27.1 Å². The fourth-order valence-corrected chi connectivity index (χ4v) is 3.91. The number of β-amino-alcohol motifs (C(OH)–C–C–N with tert-alkyl or cyclic N) is 1. The minimum atomic E-state index is -4.38. The number of nitrogens with zero attached hydrogens (tertiary/aromatic N) is 2. The number of alkyl halides is 3. The van der Waals surface area contributed by atoms with Crippen LogP contribution in [0.1, 0.15) is 5.56 Å². The molecule has 0 radical (unpaired) electrons. The molecule has 1 N–H and O–H groups in total. The van der Waals surface area contributed by atoms with Crippen LogP contribution in [0.2, 0.25) is 0 Å². The van der Waals surface area contributed by atoms with Crippen LogP contribution >= 0.6 is 15.9 Å². The zero-order valence-corrected chi connectivity index (χ0v) is 19.2. The Bertz CT molecular complexity index is 900. The third kappa shape index (κ3) is 7.53. The summed E-state index contributed by atoms with van der Waals surface area (Å²) in [5.41, 5.74) is -0.156. The normalized spacial score (nSPS) is 16.2. The Morgan fingerprint density at radius 3 is 2.30 bits per heavy atom. The van der Waals surface area contributed by atoms with Gasteiger partial charge in [0.25, 0.3) is 0 Å². The third-order valence-electron chi connectivity index (χ3n) is 5.13. The molecular weight excluding hydrogens is 515 g/mol. The van der Waals surface area contributed by atoms with Crippen molar-refractivity contribution < 1.29 is 36.5 Å². The first-order chi connectivity index (χ1) is 15.6. The van der Waals surface area contributed by atoms with Gasteiger partial charge in [-0.1, -0.05) is 22.0 Å².